The molecule has 1 aromatic carbocycles. The second-order valence-corrected chi connectivity index (χ2v) is 5.60. The van der Waals surface area contributed by atoms with Gasteiger partial charge in [-0.15, -0.1) is 0 Å². The Kier molecular flexibility index (Phi) is 3.08. The predicted octanol–water partition coefficient (Wildman–Crippen LogP) is 2.47. The first-order chi connectivity index (χ1) is 8.72. The highest BCUT2D eigenvalue weighted by molar-refractivity contribution is 5.71. The summed E-state index contributed by atoms with van der Waals surface area (Å²) in [6.45, 7) is 2.27. The summed E-state index contributed by atoms with van der Waals surface area (Å²) in [6.07, 6.45) is 4.05. The average Bonchev–Trinajstić information content (AvgIpc) is 2.22. The molecule has 1 saturated carbocycles. The molecule has 3 rings (SSSR count). The van der Waals surface area contributed by atoms with Crippen LogP contribution in [0.4, 0.5) is 0 Å². The second kappa shape index (κ2) is 4.73. The van der Waals surface area contributed by atoms with Gasteiger partial charge in [-0.1, -0.05) is 30.7 Å². The van der Waals surface area contributed by atoms with Gasteiger partial charge in [-0.2, -0.15) is 0 Å². The maximum atomic E-state index is 10.7. The summed E-state index contributed by atoms with van der Waals surface area (Å²) in [4.78, 5) is 12.9. The molecule has 1 saturated heterocycles. The molecule has 2 fully saturated rings. The van der Waals surface area contributed by atoms with E-state index in [1.807, 2.05) is 0 Å². The van der Waals surface area contributed by atoms with Crippen molar-refractivity contribution in [1.29, 1.82) is 0 Å². The Bertz CT molecular complexity index is 430. The topological polar surface area (TPSA) is 40.5 Å². The summed E-state index contributed by atoms with van der Waals surface area (Å²) in [5, 5.41) is 8.82. The molecule has 1 heterocycles. The fourth-order valence-corrected chi connectivity index (χ4v) is 2.75. The van der Waals surface area contributed by atoms with E-state index in [4.69, 9.17) is 5.11 Å². The van der Waals surface area contributed by atoms with Crippen molar-refractivity contribution in [2.24, 2.45) is 5.92 Å². The molecule has 0 amide bonds. The third-order valence-electron chi connectivity index (χ3n) is 4.27. The SMILES string of the molecule is O=C(O)C1CN(Cc2ccc(C3CCC3)cc2)C1. The Balaban J connectivity index is 1.53. The normalized spacial score (nSPS) is 21.3. The maximum absolute atomic E-state index is 10.7. The Labute approximate surface area is 107 Å². The number of carbonyl (C=O) groups is 1. The van der Waals surface area contributed by atoms with E-state index in [0.29, 0.717) is 13.1 Å². The lowest BCUT2D eigenvalue weighted by Crippen LogP contribution is -2.49. The number of hydrogen-bond acceptors (Lipinski definition) is 2. The van der Waals surface area contributed by atoms with Crippen molar-refractivity contribution < 1.29 is 9.90 Å². The first-order valence-electron chi connectivity index (χ1n) is 6.76. The van der Waals surface area contributed by atoms with Gasteiger partial charge >= 0.3 is 5.97 Å². The number of carboxylic acids is 1. The zero-order chi connectivity index (χ0) is 12.5. The van der Waals surface area contributed by atoms with Crippen molar-refractivity contribution in [3.05, 3.63) is 35.4 Å². The number of carboxylic acid groups (broad SMARTS) is 1. The lowest BCUT2D eigenvalue weighted by molar-refractivity contribution is -0.147. The molecule has 3 nitrogen and oxygen atoms in total. The molecule has 96 valence electrons. The van der Waals surface area contributed by atoms with Crippen molar-refractivity contribution in [2.45, 2.75) is 31.7 Å². The van der Waals surface area contributed by atoms with Gasteiger partial charge in [0, 0.05) is 19.6 Å². The molecule has 0 atom stereocenters. The zero-order valence-electron chi connectivity index (χ0n) is 10.5. The Morgan fingerprint density at radius 3 is 2.39 bits per heavy atom. The minimum Gasteiger partial charge on any atom is -0.481 e. The van der Waals surface area contributed by atoms with Crippen LogP contribution in [-0.2, 0) is 11.3 Å². The van der Waals surface area contributed by atoms with Crippen LogP contribution in [-0.4, -0.2) is 29.1 Å². The van der Waals surface area contributed by atoms with E-state index < -0.39 is 5.97 Å². The maximum Gasteiger partial charge on any atom is 0.309 e. The van der Waals surface area contributed by atoms with Crippen molar-refractivity contribution in [3.63, 3.8) is 0 Å². The van der Waals surface area contributed by atoms with E-state index in [2.05, 4.69) is 29.2 Å². The van der Waals surface area contributed by atoms with Crippen molar-refractivity contribution in [3.8, 4) is 0 Å². The Hall–Kier alpha value is -1.35. The number of hydrogen-bond donors (Lipinski definition) is 1. The van der Waals surface area contributed by atoms with E-state index in [1.165, 1.54) is 30.4 Å². The summed E-state index contributed by atoms with van der Waals surface area (Å²) < 4.78 is 0. The van der Waals surface area contributed by atoms with E-state index in [0.717, 1.165) is 12.5 Å². The molecule has 18 heavy (non-hydrogen) atoms. The van der Waals surface area contributed by atoms with Gasteiger partial charge in [0.2, 0.25) is 0 Å². The summed E-state index contributed by atoms with van der Waals surface area (Å²) in [5.74, 6) is -0.0229. The molecule has 1 N–H and O–H groups in total. The highest BCUT2D eigenvalue weighted by atomic mass is 16.4. The number of aliphatic carboxylic acids is 1. The Morgan fingerprint density at radius 2 is 1.89 bits per heavy atom. The van der Waals surface area contributed by atoms with Gasteiger partial charge in [0.05, 0.1) is 5.92 Å². The fraction of sp³-hybridized carbons (Fsp3) is 0.533. The van der Waals surface area contributed by atoms with E-state index in [-0.39, 0.29) is 5.92 Å². The first kappa shape index (κ1) is 11.7. The number of rotatable bonds is 4. The van der Waals surface area contributed by atoms with Crippen molar-refractivity contribution in [2.75, 3.05) is 13.1 Å². The summed E-state index contributed by atoms with van der Waals surface area (Å²) >= 11 is 0. The molecule has 1 aliphatic heterocycles. The molecule has 0 unspecified atom stereocenters. The van der Waals surface area contributed by atoms with Crippen LogP contribution < -0.4 is 0 Å². The van der Waals surface area contributed by atoms with Crippen LogP contribution in [0.25, 0.3) is 0 Å². The van der Waals surface area contributed by atoms with Gasteiger partial charge in [-0.25, -0.2) is 0 Å². The standard InChI is InChI=1S/C15H19NO2/c17-15(18)14-9-16(10-14)8-11-4-6-13(7-5-11)12-2-1-3-12/h4-7,12,14H,1-3,8-10H2,(H,17,18). The van der Waals surface area contributed by atoms with Gasteiger partial charge < -0.3 is 5.11 Å². The number of benzene rings is 1. The lowest BCUT2D eigenvalue weighted by atomic mass is 9.80. The monoisotopic (exact) mass is 245 g/mol. The van der Waals surface area contributed by atoms with Crippen molar-refractivity contribution >= 4 is 5.97 Å². The largest absolute Gasteiger partial charge is 0.481 e. The fourth-order valence-electron chi connectivity index (χ4n) is 2.75. The van der Waals surface area contributed by atoms with Crippen LogP contribution in [0.1, 0.15) is 36.3 Å². The molecular formula is C15H19NO2. The van der Waals surface area contributed by atoms with E-state index in [1.54, 1.807) is 0 Å². The van der Waals surface area contributed by atoms with Gasteiger partial charge in [0.25, 0.3) is 0 Å². The van der Waals surface area contributed by atoms with Crippen LogP contribution in [0.3, 0.4) is 0 Å². The van der Waals surface area contributed by atoms with Gasteiger partial charge in [0.15, 0.2) is 0 Å². The summed E-state index contributed by atoms with van der Waals surface area (Å²) in [6, 6.07) is 8.88. The molecule has 1 aliphatic carbocycles. The Morgan fingerprint density at radius 1 is 1.22 bits per heavy atom. The van der Waals surface area contributed by atoms with Crippen LogP contribution in [0.5, 0.6) is 0 Å². The molecule has 0 bridgehead atoms. The third-order valence-corrected chi connectivity index (χ3v) is 4.27. The number of likely N-dealkylation sites (tertiary alicyclic amines) is 1. The molecular weight excluding hydrogens is 226 g/mol. The summed E-state index contributed by atoms with van der Waals surface area (Å²) in [5.41, 5.74) is 2.76. The molecule has 0 aromatic heterocycles. The minimum atomic E-state index is -0.661. The van der Waals surface area contributed by atoms with Crippen molar-refractivity contribution in [1.82, 2.24) is 4.90 Å². The van der Waals surface area contributed by atoms with E-state index in [9.17, 15) is 4.79 Å². The van der Waals surface area contributed by atoms with Gasteiger partial charge in [-0.3, -0.25) is 9.69 Å². The van der Waals surface area contributed by atoms with E-state index >= 15 is 0 Å². The molecule has 0 spiro atoms. The zero-order valence-corrected chi connectivity index (χ0v) is 10.5. The lowest BCUT2D eigenvalue weighted by Gasteiger charge is -2.36. The van der Waals surface area contributed by atoms with Crippen LogP contribution in [0.15, 0.2) is 24.3 Å². The smallest absolute Gasteiger partial charge is 0.309 e. The highest BCUT2D eigenvalue weighted by Crippen LogP contribution is 2.36. The molecule has 2 aliphatic rings. The molecule has 1 aromatic rings. The molecule has 0 radical (unpaired) electrons. The first-order valence-corrected chi connectivity index (χ1v) is 6.76. The van der Waals surface area contributed by atoms with Crippen LogP contribution in [0.2, 0.25) is 0 Å². The molecule has 3 heteroatoms. The second-order valence-electron chi connectivity index (χ2n) is 5.60. The van der Waals surface area contributed by atoms with Crippen LogP contribution >= 0.6 is 0 Å². The van der Waals surface area contributed by atoms with Gasteiger partial charge in [0.1, 0.15) is 0 Å². The number of nitrogens with zero attached hydrogens (tertiary/aromatic N) is 1. The highest BCUT2D eigenvalue weighted by Gasteiger charge is 2.32. The quantitative estimate of drug-likeness (QED) is 0.886. The minimum absolute atomic E-state index is 0.153. The predicted molar refractivity (Wildman–Crippen MR) is 69.4 cm³/mol. The van der Waals surface area contributed by atoms with Gasteiger partial charge in [-0.05, 0) is 29.9 Å². The van der Waals surface area contributed by atoms with Crippen LogP contribution in [0, 0.1) is 5.92 Å². The third kappa shape index (κ3) is 2.27. The average molecular weight is 245 g/mol. The summed E-state index contributed by atoms with van der Waals surface area (Å²) in [7, 11) is 0.